The highest BCUT2D eigenvalue weighted by atomic mass is 16.3. The summed E-state index contributed by atoms with van der Waals surface area (Å²) in [5.41, 5.74) is 6.07. The molecule has 0 aliphatic heterocycles. The van der Waals surface area contributed by atoms with Crippen molar-refractivity contribution >= 4 is 12.0 Å². The number of phenols is 2. The van der Waals surface area contributed by atoms with Gasteiger partial charge in [-0.3, -0.25) is 4.79 Å². The zero-order valence-corrected chi connectivity index (χ0v) is 12.2. The number of amides is 1. The molecular weight excluding hydrogens is 268 g/mol. The molecule has 0 heterocycles. The van der Waals surface area contributed by atoms with Gasteiger partial charge in [0, 0.05) is 12.6 Å². The number of hydrogen-bond acceptors (Lipinski definition) is 4. The van der Waals surface area contributed by atoms with Crippen LogP contribution in [0.1, 0.15) is 37.7 Å². The molecule has 0 bridgehead atoms. The molecule has 0 unspecified atom stereocenters. The fourth-order valence-electron chi connectivity index (χ4n) is 1.89. The molecule has 5 heteroatoms. The van der Waals surface area contributed by atoms with Gasteiger partial charge in [0.25, 0.3) is 0 Å². The van der Waals surface area contributed by atoms with E-state index >= 15 is 0 Å². The van der Waals surface area contributed by atoms with Gasteiger partial charge in [0.05, 0.1) is 0 Å². The highest BCUT2D eigenvalue weighted by Gasteiger charge is 1.99. The topological polar surface area (TPSA) is 95.6 Å². The summed E-state index contributed by atoms with van der Waals surface area (Å²) in [7, 11) is 0. The third-order valence-corrected chi connectivity index (χ3v) is 3.11. The van der Waals surface area contributed by atoms with Crippen molar-refractivity contribution in [2.45, 2.75) is 32.1 Å². The van der Waals surface area contributed by atoms with E-state index in [-0.39, 0.29) is 17.4 Å². The minimum atomic E-state index is -0.199. The summed E-state index contributed by atoms with van der Waals surface area (Å²) in [6.45, 7) is 1.40. The molecule has 1 aromatic carbocycles. The van der Waals surface area contributed by atoms with E-state index in [2.05, 4.69) is 5.32 Å². The SMILES string of the molecule is NCCCCCCCNC(=O)/C=C/c1ccc(O)c(O)c1. The molecule has 0 aliphatic carbocycles. The first-order valence-electron chi connectivity index (χ1n) is 7.31. The smallest absolute Gasteiger partial charge is 0.243 e. The molecule has 1 amide bonds. The average molecular weight is 292 g/mol. The molecule has 21 heavy (non-hydrogen) atoms. The summed E-state index contributed by atoms with van der Waals surface area (Å²) in [6, 6.07) is 4.40. The van der Waals surface area contributed by atoms with E-state index in [1.165, 1.54) is 18.2 Å². The Labute approximate surface area is 125 Å². The van der Waals surface area contributed by atoms with E-state index in [1.807, 2.05) is 0 Å². The minimum Gasteiger partial charge on any atom is -0.504 e. The van der Waals surface area contributed by atoms with Crippen molar-refractivity contribution in [1.82, 2.24) is 5.32 Å². The Morgan fingerprint density at radius 2 is 1.81 bits per heavy atom. The van der Waals surface area contributed by atoms with Gasteiger partial charge in [0.2, 0.25) is 5.91 Å². The lowest BCUT2D eigenvalue weighted by Crippen LogP contribution is -2.21. The summed E-state index contributed by atoms with van der Waals surface area (Å²) >= 11 is 0. The van der Waals surface area contributed by atoms with Crippen LogP contribution in [-0.2, 0) is 4.79 Å². The molecule has 5 N–H and O–H groups in total. The van der Waals surface area contributed by atoms with Crippen LogP contribution < -0.4 is 11.1 Å². The van der Waals surface area contributed by atoms with Gasteiger partial charge in [-0.05, 0) is 43.2 Å². The van der Waals surface area contributed by atoms with E-state index < -0.39 is 0 Å². The van der Waals surface area contributed by atoms with Gasteiger partial charge in [0.1, 0.15) is 0 Å². The predicted molar refractivity (Wildman–Crippen MR) is 84.0 cm³/mol. The zero-order chi connectivity index (χ0) is 15.5. The predicted octanol–water partition coefficient (Wildman–Crippen LogP) is 2.14. The van der Waals surface area contributed by atoms with Crippen LogP contribution in [0.25, 0.3) is 6.08 Å². The maximum absolute atomic E-state index is 11.6. The molecule has 0 atom stereocenters. The number of benzene rings is 1. The Hall–Kier alpha value is -2.01. The third-order valence-electron chi connectivity index (χ3n) is 3.11. The normalized spacial score (nSPS) is 10.9. The monoisotopic (exact) mass is 292 g/mol. The number of aromatic hydroxyl groups is 2. The number of hydrogen-bond donors (Lipinski definition) is 4. The van der Waals surface area contributed by atoms with Crippen molar-refractivity contribution in [3.8, 4) is 11.5 Å². The lowest BCUT2D eigenvalue weighted by Gasteiger charge is -2.02. The second kappa shape index (κ2) is 9.83. The number of nitrogens with one attached hydrogen (secondary N) is 1. The largest absolute Gasteiger partial charge is 0.504 e. The molecule has 0 fully saturated rings. The molecule has 0 aliphatic rings. The van der Waals surface area contributed by atoms with E-state index in [9.17, 15) is 15.0 Å². The van der Waals surface area contributed by atoms with Crippen molar-refractivity contribution in [3.05, 3.63) is 29.8 Å². The van der Waals surface area contributed by atoms with Crippen LogP contribution in [0.15, 0.2) is 24.3 Å². The van der Waals surface area contributed by atoms with Crippen LogP contribution in [0.5, 0.6) is 11.5 Å². The Bertz CT molecular complexity index is 473. The molecule has 0 spiro atoms. The molecule has 0 saturated heterocycles. The molecule has 0 saturated carbocycles. The summed E-state index contributed by atoms with van der Waals surface area (Å²) in [5.74, 6) is -0.536. The molecule has 1 rings (SSSR count). The van der Waals surface area contributed by atoms with Gasteiger partial charge < -0.3 is 21.3 Å². The maximum atomic E-state index is 11.6. The second-order valence-corrected chi connectivity index (χ2v) is 4.93. The highest BCUT2D eigenvalue weighted by molar-refractivity contribution is 5.91. The van der Waals surface area contributed by atoms with E-state index in [0.717, 1.165) is 38.6 Å². The third kappa shape index (κ3) is 7.37. The number of nitrogens with two attached hydrogens (primary N) is 1. The van der Waals surface area contributed by atoms with Crippen molar-refractivity contribution < 1.29 is 15.0 Å². The Morgan fingerprint density at radius 1 is 1.10 bits per heavy atom. The van der Waals surface area contributed by atoms with Crippen LogP contribution in [-0.4, -0.2) is 29.2 Å². The van der Waals surface area contributed by atoms with E-state index in [1.54, 1.807) is 12.1 Å². The Morgan fingerprint density at radius 3 is 2.52 bits per heavy atom. The standard InChI is InChI=1S/C16H24N2O3/c17-10-4-2-1-3-5-11-18-16(21)9-7-13-6-8-14(19)15(20)12-13/h6-9,12,19-20H,1-5,10-11,17H2,(H,18,21)/b9-7+. The molecule has 0 radical (unpaired) electrons. The highest BCUT2D eigenvalue weighted by Crippen LogP contribution is 2.25. The summed E-state index contributed by atoms with van der Waals surface area (Å²) in [4.78, 5) is 11.6. The van der Waals surface area contributed by atoms with Gasteiger partial charge >= 0.3 is 0 Å². The first kappa shape index (κ1) is 17.0. The average Bonchev–Trinajstić information content (AvgIpc) is 2.47. The fourth-order valence-corrected chi connectivity index (χ4v) is 1.89. The quantitative estimate of drug-likeness (QED) is 0.318. The van der Waals surface area contributed by atoms with Crippen LogP contribution in [0.2, 0.25) is 0 Å². The summed E-state index contributed by atoms with van der Waals surface area (Å²) in [6.07, 6.45) is 8.43. The van der Waals surface area contributed by atoms with Crippen LogP contribution in [0, 0.1) is 0 Å². The molecule has 5 nitrogen and oxygen atoms in total. The van der Waals surface area contributed by atoms with Gasteiger partial charge in [0.15, 0.2) is 11.5 Å². The second-order valence-electron chi connectivity index (χ2n) is 4.93. The Balaban J connectivity index is 2.21. The Kier molecular flexibility index (Phi) is 7.97. The van der Waals surface area contributed by atoms with Crippen molar-refractivity contribution in [1.29, 1.82) is 0 Å². The first-order chi connectivity index (χ1) is 10.1. The van der Waals surface area contributed by atoms with Gasteiger partial charge in [-0.25, -0.2) is 0 Å². The van der Waals surface area contributed by atoms with Crippen molar-refractivity contribution in [3.63, 3.8) is 0 Å². The summed E-state index contributed by atoms with van der Waals surface area (Å²) in [5, 5.41) is 21.3. The number of carbonyl (C=O) groups is 1. The zero-order valence-electron chi connectivity index (χ0n) is 12.2. The molecule has 0 aromatic heterocycles. The fraction of sp³-hybridized carbons (Fsp3) is 0.438. The van der Waals surface area contributed by atoms with Crippen LogP contribution >= 0.6 is 0 Å². The number of unbranched alkanes of at least 4 members (excludes halogenated alkanes) is 4. The maximum Gasteiger partial charge on any atom is 0.243 e. The molecule has 1 aromatic rings. The lowest BCUT2D eigenvalue weighted by atomic mass is 10.1. The number of phenolic OH excluding ortho intramolecular Hbond substituents is 2. The molecule has 116 valence electrons. The van der Waals surface area contributed by atoms with Crippen LogP contribution in [0.4, 0.5) is 0 Å². The van der Waals surface area contributed by atoms with Crippen molar-refractivity contribution in [2.75, 3.05) is 13.1 Å². The van der Waals surface area contributed by atoms with Crippen LogP contribution in [0.3, 0.4) is 0 Å². The van der Waals surface area contributed by atoms with Gasteiger partial charge in [-0.2, -0.15) is 0 Å². The first-order valence-corrected chi connectivity index (χ1v) is 7.31. The lowest BCUT2D eigenvalue weighted by molar-refractivity contribution is -0.116. The minimum absolute atomic E-state index is 0.162. The molecular formula is C16H24N2O3. The van der Waals surface area contributed by atoms with Gasteiger partial charge in [-0.15, -0.1) is 0 Å². The van der Waals surface area contributed by atoms with Crippen molar-refractivity contribution in [2.24, 2.45) is 5.73 Å². The number of rotatable bonds is 9. The summed E-state index contributed by atoms with van der Waals surface area (Å²) < 4.78 is 0. The number of carbonyl (C=O) groups excluding carboxylic acids is 1. The van der Waals surface area contributed by atoms with E-state index in [0.29, 0.717) is 12.1 Å². The van der Waals surface area contributed by atoms with Gasteiger partial charge in [-0.1, -0.05) is 25.3 Å². The van der Waals surface area contributed by atoms with E-state index in [4.69, 9.17) is 5.73 Å².